The van der Waals surface area contributed by atoms with Crippen LogP contribution in [0.3, 0.4) is 0 Å². The molecule has 0 saturated carbocycles. The number of aryl methyl sites for hydroxylation is 1. The van der Waals surface area contributed by atoms with E-state index in [-0.39, 0.29) is 11.0 Å². The van der Waals surface area contributed by atoms with Crippen LogP contribution in [0.4, 0.5) is 0 Å². The average Bonchev–Trinajstić information content (AvgIpc) is 3.19. The number of carbonyl (C=O) groups excluding carboxylic acids is 1. The Labute approximate surface area is 162 Å². The lowest BCUT2D eigenvalue weighted by molar-refractivity contribution is -0.135. The number of amides is 1. The Balaban J connectivity index is 1.89. The Hall–Kier alpha value is -4.21. The van der Waals surface area contributed by atoms with Crippen LogP contribution in [-0.4, -0.2) is 48.2 Å². The van der Waals surface area contributed by atoms with Gasteiger partial charge in [0.05, 0.1) is 5.39 Å². The van der Waals surface area contributed by atoms with Gasteiger partial charge in [-0.3, -0.25) is 19.0 Å². The molecule has 0 radical (unpaired) electrons. The number of benzene rings is 1. The van der Waals surface area contributed by atoms with Gasteiger partial charge in [0.25, 0.3) is 11.5 Å². The molecule has 0 saturated heterocycles. The van der Waals surface area contributed by atoms with E-state index in [4.69, 9.17) is 5.11 Å². The van der Waals surface area contributed by atoms with Crippen molar-refractivity contribution < 1.29 is 19.8 Å². The number of aromatic amines is 1. The van der Waals surface area contributed by atoms with Crippen molar-refractivity contribution in [1.82, 2.24) is 24.8 Å². The number of rotatable bonds is 4. The van der Waals surface area contributed by atoms with Crippen molar-refractivity contribution >= 4 is 33.8 Å². The predicted molar refractivity (Wildman–Crippen MR) is 104 cm³/mol. The van der Waals surface area contributed by atoms with Crippen molar-refractivity contribution in [2.24, 2.45) is 7.05 Å². The fraction of sp³-hybridized carbons (Fsp3) is 0.105. The summed E-state index contributed by atoms with van der Waals surface area (Å²) in [5, 5.41) is 22.2. The van der Waals surface area contributed by atoms with Crippen LogP contribution >= 0.6 is 0 Å². The quantitative estimate of drug-likeness (QED) is 0.404. The molecule has 0 unspecified atom stereocenters. The lowest BCUT2D eigenvalue weighted by Crippen LogP contribution is -2.35. The highest BCUT2D eigenvalue weighted by Gasteiger charge is 2.23. The molecular formula is C19H15N5O5. The number of hydrogen-bond donors (Lipinski definition) is 4. The predicted octanol–water partition coefficient (Wildman–Crippen LogP) is 0.997. The van der Waals surface area contributed by atoms with E-state index < -0.39 is 35.3 Å². The van der Waals surface area contributed by atoms with Gasteiger partial charge in [-0.25, -0.2) is 9.97 Å². The summed E-state index contributed by atoms with van der Waals surface area (Å²) >= 11 is 0. The van der Waals surface area contributed by atoms with E-state index in [0.29, 0.717) is 5.82 Å². The molecule has 3 heterocycles. The highest BCUT2D eigenvalue weighted by Crippen LogP contribution is 2.29. The highest BCUT2D eigenvalue weighted by molar-refractivity contribution is 6.02. The molecule has 4 rings (SSSR count). The third kappa shape index (κ3) is 2.96. The van der Waals surface area contributed by atoms with Crippen LogP contribution in [0.5, 0.6) is 5.75 Å². The van der Waals surface area contributed by atoms with Gasteiger partial charge in [0.2, 0.25) is 0 Å². The lowest BCUT2D eigenvalue weighted by Gasteiger charge is -2.12. The first-order valence-electron chi connectivity index (χ1n) is 8.53. The summed E-state index contributed by atoms with van der Waals surface area (Å²) in [6.45, 7) is -0.685. The first-order chi connectivity index (χ1) is 13.9. The molecule has 0 aliphatic heterocycles. The molecule has 0 bridgehead atoms. The first kappa shape index (κ1) is 18.2. The van der Waals surface area contributed by atoms with Crippen LogP contribution in [0.25, 0.3) is 33.3 Å². The summed E-state index contributed by atoms with van der Waals surface area (Å²) in [5.41, 5.74) is 0.404. The molecular weight excluding hydrogens is 378 g/mol. The van der Waals surface area contributed by atoms with Crippen LogP contribution in [0.15, 0.2) is 41.5 Å². The number of nitrogens with zero attached hydrogens (tertiary/aromatic N) is 3. The standard InChI is InChI=1S/C19H15N5O5/c1-24-17-11(15(27)14(19(24)29)18(28)22-8-13(25)26)7-21-16(23-17)10-3-2-4-12-9(10)5-6-20-12/h2-7,20,27H,8H2,1H3,(H,22,28)(H,25,26). The maximum atomic E-state index is 12.6. The van der Waals surface area contributed by atoms with Crippen LogP contribution < -0.4 is 10.9 Å². The molecule has 0 atom stereocenters. The Morgan fingerprint density at radius 1 is 1.24 bits per heavy atom. The molecule has 4 N–H and O–H groups in total. The van der Waals surface area contributed by atoms with Crippen molar-refractivity contribution in [3.05, 3.63) is 52.6 Å². The third-order valence-electron chi connectivity index (χ3n) is 4.56. The molecule has 1 amide bonds. The number of carbonyl (C=O) groups is 2. The number of aliphatic carboxylic acids is 1. The zero-order chi connectivity index (χ0) is 20.7. The van der Waals surface area contributed by atoms with E-state index in [2.05, 4.69) is 20.3 Å². The van der Waals surface area contributed by atoms with Crippen molar-refractivity contribution in [2.45, 2.75) is 0 Å². The summed E-state index contributed by atoms with van der Waals surface area (Å²) in [7, 11) is 1.41. The number of carboxylic acids is 1. The van der Waals surface area contributed by atoms with E-state index in [1.165, 1.54) is 13.2 Å². The SMILES string of the molecule is Cn1c(=O)c(C(=O)NCC(=O)O)c(O)c2cnc(-c3cccc4[nH]ccc34)nc21. The van der Waals surface area contributed by atoms with E-state index in [9.17, 15) is 19.5 Å². The van der Waals surface area contributed by atoms with Crippen LogP contribution in [0.1, 0.15) is 10.4 Å². The smallest absolute Gasteiger partial charge is 0.322 e. The number of aromatic nitrogens is 4. The monoisotopic (exact) mass is 393 g/mol. The van der Waals surface area contributed by atoms with Crippen LogP contribution in [-0.2, 0) is 11.8 Å². The minimum Gasteiger partial charge on any atom is -0.506 e. The minimum atomic E-state index is -1.28. The fourth-order valence-corrected chi connectivity index (χ4v) is 3.15. The van der Waals surface area contributed by atoms with E-state index in [1.54, 1.807) is 6.20 Å². The molecule has 146 valence electrons. The molecule has 0 fully saturated rings. The topological polar surface area (TPSA) is 150 Å². The largest absolute Gasteiger partial charge is 0.506 e. The molecule has 10 heteroatoms. The van der Waals surface area contributed by atoms with Gasteiger partial charge in [-0.15, -0.1) is 0 Å². The summed E-state index contributed by atoms with van der Waals surface area (Å²) in [6, 6.07) is 7.46. The Kier molecular flexibility index (Phi) is 4.23. The van der Waals surface area contributed by atoms with Gasteiger partial charge < -0.3 is 20.5 Å². The molecule has 0 aliphatic carbocycles. The summed E-state index contributed by atoms with van der Waals surface area (Å²) in [6.07, 6.45) is 3.12. The van der Waals surface area contributed by atoms with E-state index in [1.807, 2.05) is 24.3 Å². The molecule has 0 aliphatic rings. The van der Waals surface area contributed by atoms with Gasteiger partial charge >= 0.3 is 5.97 Å². The highest BCUT2D eigenvalue weighted by atomic mass is 16.4. The van der Waals surface area contributed by atoms with Gasteiger partial charge in [0.15, 0.2) is 5.82 Å². The second-order valence-corrected chi connectivity index (χ2v) is 6.34. The van der Waals surface area contributed by atoms with Gasteiger partial charge in [-0.1, -0.05) is 12.1 Å². The fourth-order valence-electron chi connectivity index (χ4n) is 3.15. The Morgan fingerprint density at radius 2 is 2.03 bits per heavy atom. The van der Waals surface area contributed by atoms with Crippen molar-refractivity contribution in [3.8, 4) is 17.1 Å². The van der Waals surface area contributed by atoms with Gasteiger partial charge in [0, 0.05) is 35.9 Å². The molecule has 10 nitrogen and oxygen atoms in total. The van der Waals surface area contributed by atoms with Crippen molar-refractivity contribution in [3.63, 3.8) is 0 Å². The Morgan fingerprint density at radius 3 is 2.79 bits per heavy atom. The van der Waals surface area contributed by atoms with Crippen molar-refractivity contribution in [1.29, 1.82) is 0 Å². The van der Waals surface area contributed by atoms with Gasteiger partial charge in [-0.05, 0) is 12.1 Å². The van der Waals surface area contributed by atoms with E-state index >= 15 is 0 Å². The number of fused-ring (bicyclic) bond motifs is 2. The zero-order valence-corrected chi connectivity index (χ0v) is 15.1. The number of aromatic hydroxyl groups is 1. The lowest BCUT2D eigenvalue weighted by atomic mass is 10.1. The number of hydrogen-bond acceptors (Lipinski definition) is 6. The van der Waals surface area contributed by atoms with Crippen molar-refractivity contribution in [2.75, 3.05) is 6.54 Å². The molecule has 29 heavy (non-hydrogen) atoms. The number of carboxylic acid groups (broad SMARTS) is 1. The van der Waals surface area contributed by atoms with E-state index in [0.717, 1.165) is 21.0 Å². The minimum absolute atomic E-state index is 0.0950. The maximum absolute atomic E-state index is 12.6. The Bertz CT molecular complexity index is 1350. The third-order valence-corrected chi connectivity index (χ3v) is 4.56. The molecule has 3 aromatic heterocycles. The summed E-state index contributed by atoms with van der Waals surface area (Å²) in [5.74, 6) is -2.52. The van der Waals surface area contributed by atoms with Crippen LogP contribution in [0.2, 0.25) is 0 Å². The molecule has 1 aromatic carbocycles. The van der Waals surface area contributed by atoms with Gasteiger partial charge in [-0.2, -0.15) is 0 Å². The van der Waals surface area contributed by atoms with Crippen LogP contribution in [0, 0.1) is 0 Å². The second-order valence-electron chi connectivity index (χ2n) is 6.34. The first-order valence-corrected chi connectivity index (χ1v) is 8.53. The number of nitrogens with one attached hydrogen (secondary N) is 2. The summed E-state index contributed by atoms with van der Waals surface area (Å²) < 4.78 is 1.12. The maximum Gasteiger partial charge on any atom is 0.322 e. The molecule has 4 aromatic rings. The average molecular weight is 393 g/mol. The summed E-state index contributed by atoms with van der Waals surface area (Å²) in [4.78, 5) is 47.3. The molecule has 0 spiro atoms. The second kappa shape index (κ2) is 6.75. The van der Waals surface area contributed by atoms with Gasteiger partial charge in [0.1, 0.15) is 23.5 Å². The number of H-pyrrole nitrogens is 1. The zero-order valence-electron chi connectivity index (χ0n) is 15.1. The number of pyridine rings is 1. The normalized spacial score (nSPS) is 11.1.